The fraction of sp³-hybridized carbons (Fsp3) is 0.294. The molecule has 0 radical (unpaired) electrons. The number of amides is 3. The van der Waals surface area contributed by atoms with Crippen molar-refractivity contribution in [1.82, 2.24) is 10.2 Å². The van der Waals surface area contributed by atoms with E-state index in [0.29, 0.717) is 16.4 Å². The van der Waals surface area contributed by atoms with Crippen LogP contribution in [0.4, 0.5) is 10.5 Å². The number of carbonyl (C=O) groups is 2. The van der Waals surface area contributed by atoms with Crippen molar-refractivity contribution in [3.8, 4) is 0 Å². The van der Waals surface area contributed by atoms with Crippen LogP contribution in [0, 0.1) is 10.1 Å². The van der Waals surface area contributed by atoms with E-state index in [1.807, 2.05) is 19.2 Å². The van der Waals surface area contributed by atoms with Gasteiger partial charge < -0.3 is 10.2 Å². The molecule has 2 atom stereocenters. The van der Waals surface area contributed by atoms with Crippen molar-refractivity contribution in [3.05, 3.63) is 61.3 Å². The Balaban J connectivity index is 1.74. The van der Waals surface area contributed by atoms with Crippen LogP contribution in [0.2, 0.25) is 4.34 Å². The molecule has 10 heteroatoms. The number of benzene rings is 1. The maximum atomic E-state index is 12.9. The van der Waals surface area contributed by atoms with Crippen molar-refractivity contribution in [2.75, 3.05) is 13.7 Å². The molecule has 1 aliphatic heterocycles. The normalized spacial score (nSPS) is 20.6. The lowest BCUT2D eigenvalue weighted by molar-refractivity contribution is -0.900. The van der Waals surface area contributed by atoms with Crippen LogP contribution in [-0.4, -0.2) is 35.5 Å². The van der Waals surface area contributed by atoms with Gasteiger partial charge in [-0.2, -0.15) is 0 Å². The highest BCUT2D eigenvalue weighted by Crippen LogP contribution is 2.29. The van der Waals surface area contributed by atoms with Gasteiger partial charge in [0, 0.05) is 12.1 Å². The van der Waals surface area contributed by atoms with Gasteiger partial charge in [0.2, 0.25) is 0 Å². The molecule has 1 aromatic carbocycles. The highest BCUT2D eigenvalue weighted by atomic mass is 35.5. The average Bonchev–Trinajstić information content (AvgIpc) is 3.11. The molecule has 0 aliphatic carbocycles. The molecule has 2 heterocycles. The average molecular weight is 410 g/mol. The summed E-state index contributed by atoms with van der Waals surface area (Å²) in [5.41, 5.74) is -0.829. The molecular formula is C17H18ClN4O4S+. The predicted octanol–water partition coefficient (Wildman–Crippen LogP) is 1.75. The van der Waals surface area contributed by atoms with Crippen LogP contribution >= 0.6 is 22.9 Å². The van der Waals surface area contributed by atoms with Crippen molar-refractivity contribution >= 4 is 40.6 Å². The number of urea groups is 1. The van der Waals surface area contributed by atoms with Gasteiger partial charge in [0.25, 0.3) is 11.6 Å². The van der Waals surface area contributed by atoms with Crippen LogP contribution < -0.4 is 10.2 Å². The third-order valence-electron chi connectivity index (χ3n) is 4.46. The molecule has 1 unspecified atom stereocenters. The number of thiophene rings is 1. The highest BCUT2D eigenvalue weighted by molar-refractivity contribution is 7.16. The van der Waals surface area contributed by atoms with Crippen molar-refractivity contribution in [3.63, 3.8) is 0 Å². The summed E-state index contributed by atoms with van der Waals surface area (Å²) in [6.45, 7) is 2.42. The Kier molecular flexibility index (Phi) is 5.18. The first-order valence-corrected chi connectivity index (χ1v) is 9.34. The summed E-state index contributed by atoms with van der Waals surface area (Å²) in [5, 5.41) is 13.5. The van der Waals surface area contributed by atoms with E-state index in [0.717, 1.165) is 9.78 Å². The van der Waals surface area contributed by atoms with E-state index in [4.69, 9.17) is 11.6 Å². The molecule has 8 nitrogen and oxygen atoms in total. The number of rotatable bonds is 6. The number of nitro groups is 1. The number of nitro benzene ring substituents is 1. The molecule has 3 amide bonds. The number of hydrogen-bond acceptors (Lipinski definition) is 5. The largest absolute Gasteiger partial charge is 0.329 e. The van der Waals surface area contributed by atoms with Crippen molar-refractivity contribution in [1.29, 1.82) is 0 Å². The molecule has 2 N–H and O–H groups in total. The van der Waals surface area contributed by atoms with Gasteiger partial charge in [0.1, 0.15) is 12.1 Å². The lowest BCUT2D eigenvalue weighted by atomic mass is 9.92. The predicted molar refractivity (Wildman–Crippen MR) is 101 cm³/mol. The number of nitrogens with one attached hydrogen (secondary N) is 2. The van der Waals surface area contributed by atoms with E-state index in [9.17, 15) is 19.7 Å². The fourth-order valence-electron chi connectivity index (χ4n) is 3.02. The summed E-state index contributed by atoms with van der Waals surface area (Å²) >= 11 is 7.40. The Morgan fingerprint density at radius 1 is 1.26 bits per heavy atom. The lowest BCUT2D eigenvalue weighted by Gasteiger charge is -2.23. The first kappa shape index (κ1) is 19.3. The van der Waals surface area contributed by atoms with Gasteiger partial charge in [0.15, 0.2) is 6.67 Å². The molecule has 1 aromatic heterocycles. The summed E-state index contributed by atoms with van der Waals surface area (Å²) in [4.78, 5) is 38.8. The molecule has 1 fully saturated rings. The van der Waals surface area contributed by atoms with E-state index in [1.54, 1.807) is 6.92 Å². The van der Waals surface area contributed by atoms with Crippen LogP contribution in [0.3, 0.4) is 0 Å². The van der Waals surface area contributed by atoms with E-state index in [-0.39, 0.29) is 18.3 Å². The van der Waals surface area contributed by atoms with Crippen molar-refractivity contribution in [2.24, 2.45) is 0 Å². The van der Waals surface area contributed by atoms with Crippen LogP contribution in [0.1, 0.15) is 17.4 Å². The molecule has 2 aromatic rings. The molecular weight excluding hydrogens is 392 g/mol. The van der Waals surface area contributed by atoms with E-state index in [1.165, 1.54) is 40.5 Å². The second-order valence-corrected chi connectivity index (χ2v) is 8.39. The number of imide groups is 1. The van der Waals surface area contributed by atoms with Gasteiger partial charge in [0.05, 0.1) is 21.2 Å². The lowest BCUT2D eigenvalue weighted by Crippen LogP contribution is -3.09. The highest BCUT2D eigenvalue weighted by Gasteiger charge is 2.50. The molecule has 0 saturated carbocycles. The summed E-state index contributed by atoms with van der Waals surface area (Å²) in [5.74, 6) is -0.384. The maximum Gasteiger partial charge on any atom is 0.329 e. The van der Waals surface area contributed by atoms with Gasteiger partial charge in [-0.15, -0.1) is 11.3 Å². The van der Waals surface area contributed by atoms with E-state index >= 15 is 0 Å². The molecule has 3 rings (SSSR count). The number of non-ortho nitro benzene ring substituents is 1. The second kappa shape index (κ2) is 7.26. The SMILES string of the molecule is C[NH+](Cc1ccc(Cl)s1)CN1C(=O)N[C@@](C)(c2ccc([N+](=O)[O-])cc2)C1=O. The Bertz CT molecular complexity index is 901. The minimum Gasteiger partial charge on any atom is -0.319 e. The number of halogens is 1. The Labute approximate surface area is 164 Å². The zero-order valence-electron chi connectivity index (χ0n) is 14.7. The maximum absolute atomic E-state index is 12.9. The summed E-state index contributed by atoms with van der Waals surface area (Å²) in [6.07, 6.45) is 0. The van der Waals surface area contributed by atoms with Crippen molar-refractivity contribution < 1.29 is 19.4 Å². The zero-order valence-corrected chi connectivity index (χ0v) is 16.3. The molecule has 1 saturated heterocycles. The molecule has 27 heavy (non-hydrogen) atoms. The molecule has 142 valence electrons. The van der Waals surface area contributed by atoms with Gasteiger partial charge in [-0.1, -0.05) is 11.6 Å². The monoisotopic (exact) mass is 409 g/mol. The van der Waals surface area contributed by atoms with Crippen LogP contribution in [0.25, 0.3) is 0 Å². The van der Waals surface area contributed by atoms with Gasteiger partial charge in [-0.3, -0.25) is 14.9 Å². The smallest absolute Gasteiger partial charge is 0.319 e. The Morgan fingerprint density at radius 3 is 2.48 bits per heavy atom. The summed E-state index contributed by atoms with van der Waals surface area (Å²) in [6, 6.07) is 8.87. The Hall–Kier alpha value is -2.49. The molecule has 1 aliphatic rings. The number of carbonyl (C=O) groups excluding carboxylic acids is 2. The van der Waals surface area contributed by atoms with Gasteiger partial charge >= 0.3 is 6.03 Å². The fourth-order valence-corrected chi connectivity index (χ4v) is 4.22. The third-order valence-corrected chi connectivity index (χ3v) is 5.69. The quantitative estimate of drug-likeness (QED) is 0.431. The first-order chi connectivity index (χ1) is 12.7. The standard InChI is InChI=1S/C17H17ClN4O4S/c1-17(11-3-5-12(6-4-11)22(25)26)15(23)21(16(24)19-17)10-20(2)9-13-7-8-14(18)27-13/h3-8H,9-10H2,1-2H3,(H,19,24)/p+1/t17-/m0/s1. The van der Waals surface area contributed by atoms with Crippen LogP contribution in [0.15, 0.2) is 36.4 Å². The van der Waals surface area contributed by atoms with E-state index < -0.39 is 16.5 Å². The van der Waals surface area contributed by atoms with Crippen LogP contribution in [0.5, 0.6) is 0 Å². The first-order valence-electron chi connectivity index (χ1n) is 8.15. The summed E-state index contributed by atoms with van der Waals surface area (Å²) in [7, 11) is 1.88. The minimum absolute atomic E-state index is 0.0743. The second-order valence-electron chi connectivity index (χ2n) is 6.59. The third kappa shape index (κ3) is 3.80. The van der Waals surface area contributed by atoms with Gasteiger partial charge in [-0.05, 0) is 36.8 Å². The van der Waals surface area contributed by atoms with Crippen molar-refractivity contribution in [2.45, 2.75) is 19.0 Å². The molecule has 0 spiro atoms. The number of hydrogen-bond donors (Lipinski definition) is 2. The summed E-state index contributed by atoms with van der Waals surface area (Å²) < 4.78 is 0.693. The minimum atomic E-state index is -1.25. The van der Waals surface area contributed by atoms with Gasteiger partial charge in [-0.25, -0.2) is 9.69 Å². The van der Waals surface area contributed by atoms with E-state index in [2.05, 4.69) is 5.32 Å². The topological polar surface area (TPSA) is 97.0 Å². The number of nitrogens with zero attached hydrogens (tertiary/aromatic N) is 2. The number of quaternary nitrogens is 1. The zero-order chi connectivity index (χ0) is 19.8. The van der Waals surface area contributed by atoms with Crippen LogP contribution in [-0.2, 0) is 16.9 Å². The molecule has 0 bridgehead atoms. The Morgan fingerprint density at radius 2 is 1.93 bits per heavy atom.